The average molecular weight is 242 g/mol. The van der Waals surface area contributed by atoms with Gasteiger partial charge in [-0.25, -0.2) is 0 Å². The van der Waals surface area contributed by atoms with Gasteiger partial charge in [0.15, 0.2) is 6.29 Å². The molecule has 0 saturated carbocycles. The number of hydrogen-bond donors (Lipinski definition) is 1. The van der Waals surface area contributed by atoms with E-state index >= 15 is 0 Å². The maximum atomic E-state index is 11.3. The van der Waals surface area contributed by atoms with Crippen LogP contribution >= 0.6 is 0 Å². The lowest BCUT2D eigenvalue weighted by Gasteiger charge is -2.26. The van der Waals surface area contributed by atoms with Crippen molar-refractivity contribution in [1.29, 1.82) is 0 Å². The van der Waals surface area contributed by atoms with Crippen LogP contribution in [0.1, 0.15) is 26.2 Å². The zero-order valence-corrected chi connectivity index (χ0v) is 10.5. The number of carbonyl (C=O) groups is 1. The molecule has 2 aliphatic heterocycles. The minimum Gasteiger partial charge on any atom is -0.369 e. The Labute approximate surface area is 102 Å². The first-order chi connectivity index (χ1) is 8.10. The molecule has 2 saturated heterocycles. The molecule has 0 radical (unpaired) electrons. The van der Waals surface area contributed by atoms with Gasteiger partial charge in [-0.3, -0.25) is 4.79 Å². The van der Waals surface area contributed by atoms with Gasteiger partial charge in [0.05, 0.1) is 18.6 Å². The van der Waals surface area contributed by atoms with Crippen molar-refractivity contribution in [3.8, 4) is 0 Å². The van der Waals surface area contributed by atoms with Crippen molar-refractivity contribution in [1.82, 2.24) is 4.90 Å². The largest absolute Gasteiger partial charge is 0.369 e. The third kappa shape index (κ3) is 3.18. The van der Waals surface area contributed by atoms with Crippen LogP contribution < -0.4 is 5.73 Å². The Morgan fingerprint density at radius 2 is 2.18 bits per heavy atom. The summed E-state index contributed by atoms with van der Waals surface area (Å²) in [7, 11) is 0. The lowest BCUT2D eigenvalue weighted by atomic mass is 9.89. The second kappa shape index (κ2) is 5.33. The summed E-state index contributed by atoms with van der Waals surface area (Å²) in [6, 6.07) is 0. The molecule has 1 amide bonds. The number of likely N-dealkylation sites (tertiary alicyclic amines) is 1. The van der Waals surface area contributed by atoms with E-state index in [2.05, 4.69) is 4.90 Å². The summed E-state index contributed by atoms with van der Waals surface area (Å²) in [5.74, 6) is -0.190. The molecule has 0 aromatic carbocycles. The zero-order chi connectivity index (χ0) is 12.3. The van der Waals surface area contributed by atoms with E-state index in [1.54, 1.807) is 0 Å². The molecule has 2 rings (SSSR count). The third-order valence-electron chi connectivity index (χ3n) is 3.72. The molecule has 1 atom stereocenters. The molecular weight excluding hydrogens is 220 g/mol. The number of nitrogens with zero attached hydrogens (tertiary/aromatic N) is 1. The number of ether oxygens (including phenoxy) is 2. The van der Waals surface area contributed by atoms with Gasteiger partial charge in [-0.15, -0.1) is 0 Å². The van der Waals surface area contributed by atoms with E-state index in [1.807, 2.05) is 6.92 Å². The zero-order valence-electron chi connectivity index (χ0n) is 10.5. The third-order valence-corrected chi connectivity index (χ3v) is 3.72. The van der Waals surface area contributed by atoms with E-state index in [0.717, 1.165) is 52.1 Å². The molecule has 2 N–H and O–H groups in total. The molecule has 2 aliphatic rings. The van der Waals surface area contributed by atoms with Gasteiger partial charge in [0, 0.05) is 19.5 Å². The molecule has 0 aliphatic carbocycles. The molecular formula is C12H22N2O3. The number of rotatable bonds is 4. The van der Waals surface area contributed by atoms with Crippen LogP contribution in [0.5, 0.6) is 0 Å². The molecule has 5 nitrogen and oxygen atoms in total. The van der Waals surface area contributed by atoms with E-state index in [-0.39, 0.29) is 17.6 Å². The van der Waals surface area contributed by atoms with Crippen molar-refractivity contribution in [2.24, 2.45) is 11.1 Å². The molecule has 0 aromatic rings. The van der Waals surface area contributed by atoms with E-state index < -0.39 is 0 Å². The summed E-state index contributed by atoms with van der Waals surface area (Å²) in [5, 5.41) is 0. The maximum absolute atomic E-state index is 11.3. The van der Waals surface area contributed by atoms with Crippen molar-refractivity contribution < 1.29 is 14.3 Å². The first-order valence-electron chi connectivity index (χ1n) is 6.36. The van der Waals surface area contributed by atoms with Gasteiger partial charge >= 0.3 is 0 Å². The van der Waals surface area contributed by atoms with Crippen molar-refractivity contribution >= 4 is 5.91 Å². The second-order valence-corrected chi connectivity index (χ2v) is 5.26. The van der Waals surface area contributed by atoms with Gasteiger partial charge in [0.2, 0.25) is 5.91 Å². The summed E-state index contributed by atoms with van der Waals surface area (Å²) in [6.45, 7) is 6.14. The van der Waals surface area contributed by atoms with E-state index in [0.29, 0.717) is 0 Å². The predicted molar refractivity (Wildman–Crippen MR) is 63.3 cm³/mol. The van der Waals surface area contributed by atoms with Crippen LogP contribution in [0.2, 0.25) is 0 Å². The van der Waals surface area contributed by atoms with Crippen LogP contribution in [0.25, 0.3) is 0 Å². The number of carbonyl (C=O) groups excluding carboxylic acids is 1. The highest BCUT2D eigenvalue weighted by Crippen LogP contribution is 2.29. The summed E-state index contributed by atoms with van der Waals surface area (Å²) in [4.78, 5) is 13.6. The molecule has 17 heavy (non-hydrogen) atoms. The van der Waals surface area contributed by atoms with Crippen molar-refractivity contribution in [2.75, 3.05) is 32.8 Å². The van der Waals surface area contributed by atoms with Crippen LogP contribution in [-0.4, -0.2) is 49.9 Å². The summed E-state index contributed by atoms with van der Waals surface area (Å²) in [5.41, 5.74) is 5.07. The van der Waals surface area contributed by atoms with Gasteiger partial charge in [0.25, 0.3) is 0 Å². The Hall–Kier alpha value is -0.650. The summed E-state index contributed by atoms with van der Waals surface area (Å²) < 4.78 is 11.0. The number of primary amides is 1. The molecule has 0 spiro atoms. The number of hydrogen-bond acceptors (Lipinski definition) is 4. The fourth-order valence-electron chi connectivity index (χ4n) is 2.44. The molecule has 0 aromatic heterocycles. The van der Waals surface area contributed by atoms with Crippen molar-refractivity contribution in [3.05, 3.63) is 0 Å². The Morgan fingerprint density at radius 1 is 1.47 bits per heavy atom. The van der Waals surface area contributed by atoms with Gasteiger partial charge in [-0.1, -0.05) is 0 Å². The summed E-state index contributed by atoms with van der Waals surface area (Å²) >= 11 is 0. The topological polar surface area (TPSA) is 64.8 Å². The van der Waals surface area contributed by atoms with Gasteiger partial charge in [0.1, 0.15) is 0 Å². The molecule has 0 bridgehead atoms. The minimum absolute atomic E-state index is 0.0656. The smallest absolute Gasteiger partial charge is 0.224 e. The van der Waals surface area contributed by atoms with Crippen LogP contribution in [0.3, 0.4) is 0 Å². The Bertz CT molecular complexity index is 279. The fourth-order valence-corrected chi connectivity index (χ4v) is 2.44. The highest BCUT2D eigenvalue weighted by atomic mass is 16.7. The van der Waals surface area contributed by atoms with Gasteiger partial charge < -0.3 is 20.1 Å². The molecule has 2 fully saturated rings. The number of amides is 1. The molecule has 1 unspecified atom stereocenters. The highest BCUT2D eigenvalue weighted by molar-refractivity contribution is 5.81. The van der Waals surface area contributed by atoms with Crippen LogP contribution in [-0.2, 0) is 14.3 Å². The van der Waals surface area contributed by atoms with Crippen LogP contribution in [0, 0.1) is 5.41 Å². The molecule has 98 valence electrons. The Balaban J connectivity index is 1.72. The maximum Gasteiger partial charge on any atom is 0.224 e. The van der Waals surface area contributed by atoms with Crippen molar-refractivity contribution in [3.63, 3.8) is 0 Å². The van der Waals surface area contributed by atoms with Crippen molar-refractivity contribution in [2.45, 2.75) is 32.5 Å². The number of nitrogens with two attached hydrogens (primary N) is 1. The Morgan fingerprint density at radius 3 is 2.76 bits per heavy atom. The highest BCUT2D eigenvalue weighted by Gasteiger charge is 2.38. The Kier molecular flexibility index (Phi) is 4.01. The van der Waals surface area contributed by atoms with E-state index in [1.165, 1.54) is 0 Å². The lowest BCUT2D eigenvalue weighted by Crippen LogP contribution is -2.38. The molecule has 5 heteroatoms. The average Bonchev–Trinajstić information content (AvgIpc) is 2.72. The van der Waals surface area contributed by atoms with Gasteiger partial charge in [-0.05, 0) is 26.3 Å². The monoisotopic (exact) mass is 242 g/mol. The SMILES string of the molecule is CC1(C(N)=O)CCN(CCC2OCCCO2)C1. The fraction of sp³-hybridized carbons (Fsp3) is 0.917. The lowest BCUT2D eigenvalue weighted by molar-refractivity contribution is -0.182. The van der Waals surface area contributed by atoms with E-state index in [4.69, 9.17) is 15.2 Å². The minimum atomic E-state index is -0.353. The first kappa shape index (κ1) is 12.8. The quantitative estimate of drug-likeness (QED) is 0.772. The first-order valence-corrected chi connectivity index (χ1v) is 6.36. The standard InChI is InChI=1S/C12H22N2O3/c1-12(11(13)15)4-6-14(9-12)5-3-10-16-7-2-8-17-10/h10H,2-9H2,1H3,(H2,13,15). The van der Waals surface area contributed by atoms with Crippen LogP contribution in [0.4, 0.5) is 0 Å². The summed E-state index contributed by atoms with van der Waals surface area (Å²) in [6.07, 6.45) is 2.65. The molecule has 2 heterocycles. The van der Waals surface area contributed by atoms with E-state index in [9.17, 15) is 4.79 Å². The normalized spacial score (nSPS) is 31.8. The second-order valence-electron chi connectivity index (χ2n) is 5.26. The van der Waals surface area contributed by atoms with Gasteiger partial charge in [-0.2, -0.15) is 0 Å². The predicted octanol–water partition coefficient (Wildman–Crippen LogP) is 0.337. The van der Waals surface area contributed by atoms with Crippen LogP contribution in [0.15, 0.2) is 0 Å².